The Kier molecular flexibility index (Phi) is 18.7. The van der Waals surface area contributed by atoms with Gasteiger partial charge in [0.1, 0.15) is 35.4 Å². The summed E-state index contributed by atoms with van der Waals surface area (Å²) < 4.78 is 17.3. The van der Waals surface area contributed by atoms with Crippen LogP contribution < -0.4 is 26.2 Å². The maximum Gasteiger partial charge on any atom is 0.410 e. The van der Waals surface area contributed by atoms with E-state index in [-0.39, 0.29) is 43.7 Å². The molecule has 2 bridgehead atoms. The average molecular weight is 1000 g/mol. The molecule has 2 aromatic carbocycles. The molecule has 3 heterocycles. The molecule has 6 atom stereocenters. The van der Waals surface area contributed by atoms with Crippen LogP contribution in [-0.4, -0.2) is 137 Å². The third-order valence-electron chi connectivity index (χ3n) is 12.5. The molecule has 4 N–H and O–H groups in total. The number of piperazine rings is 1. The van der Waals surface area contributed by atoms with Gasteiger partial charge in [-0.05, 0) is 136 Å². The molecule has 2 saturated heterocycles. The maximum atomic E-state index is 14.4. The predicted molar refractivity (Wildman–Crippen MR) is 273 cm³/mol. The van der Waals surface area contributed by atoms with Gasteiger partial charge >= 0.3 is 12.1 Å². The summed E-state index contributed by atoms with van der Waals surface area (Å²) in [6.45, 7) is 25.3. The minimum absolute atomic E-state index is 0.00212. The summed E-state index contributed by atoms with van der Waals surface area (Å²) in [5.74, 6) is -5.36. The second kappa shape index (κ2) is 23.7. The second-order valence-corrected chi connectivity index (χ2v) is 22.7. The van der Waals surface area contributed by atoms with Gasteiger partial charge in [-0.3, -0.25) is 33.6 Å². The summed E-state index contributed by atoms with van der Waals surface area (Å²) in [6.07, 6.45) is -0.977. The lowest BCUT2D eigenvalue weighted by molar-refractivity contribution is -0.157. The average Bonchev–Trinajstić information content (AvgIpc) is 3.77. The SMILES string of the molecule is CC(C)C[C@@H]1CC(=O)c2ccc(-c3ccc(N4CCN(C(=O)OC(C)(C)C)CC4)cc3)c(c2)CNC(=O)[C@@H]2CCCN2C(=O)[C@H](C)NC(=O)[C@H]([C@@H](C)OC(C)(C)C)NC(=O)[C@H](CC(=O)OC(C)(C)C)NC1=O. The second-order valence-electron chi connectivity index (χ2n) is 22.7. The highest BCUT2D eigenvalue weighted by molar-refractivity contribution is 6.01. The van der Waals surface area contributed by atoms with Crippen molar-refractivity contribution in [1.82, 2.24) is 31.1 Å². The standard InChI is InChI=1S/C54H79N7O11/c1-32(2)27-37-29-43(62)36-18-21-40(35-16-19-39(20-17-35)59-23-25-60(26-24-59)51(69)72-54(11,12)13)38(28-36)31-55-48(66)42-15-14-22-61(42)50(68)33(3)56-49(67)45(34(4)70-52(5,6)7)58-47(65)41(57-46(37)64)30-44(63)71-53(8,9)10/h16-21,28,32-34,37,41-42,45H,14-15,22-27,29-31H2,1-13H3,(H,55,66)(H,56,67)(H,57,64)(H,58,65)/t33-,34+,37+,41-,42-,45-/m0/s1. The van der Waals surface area contributed by atoms with E-state index in [1.807, 2.05) is 65.0 Å². The number of esters is 1. The Morgan fingerprint density at radius 3 is 1.93 bits per heavy atom. The molecule has 0 spiro atoms. The number of amides is 6. The molecule has 0 aromatic heterocycles. The summed E-state index contributed by atoms with van der Waals surface area (Å²) in [4.78, 5) is 117. The zero-order valence-corrected chi connectivity index (χ0v) is 44.7. The number of ether oxygens (including phenoxy) is 3. The first-order valence-corrected chi connectivity index (χ1v) is 25.4. The molecular formula is C54H79N7O11. The Hall–Kier alpha value is -6.04. The number of rotatable bonds is 8. The zero-order chi connectivity index (χ0) is 53.5. The van der Waals surface area contributed by atoms with E-state index in [4.69, 9.17) is 14.2 Å². The molecule has 0 radical (unpaired) electrons. The molecule has 0 saturated carbocycles. The van der Waals surface area contributed by atoms with Gasteiger partial charge in [-0.15, -0.1) is 0 Å². The first kappa shape index (κ1) is 56.9. The van der Waals surface area contributed by atoms with Crippen molar-refractivity contribution in [2.75, 3.05) is 37.6 Å². The lowest BCUT2D eigenvalue weighted by atomic mass is 9.88. The van der Waals surface area contributed by atoms with Gasteiger partial charge in [-0.1, -0.05) is 38.1 Å². The van der Waals surface area contributed by atoms with E-state index in [2.05, 4.69) is 26.2 Å². The van der Waals surface area contributed by atoms with E-state index >= 15 is 0 Å². The number of nitrogens with zero attached hydrogens (tertiary/aromatic N) is 3. The number of Topliss-reactive ketones (excluding diaryl/α,β-unsaturated/α-hetero) is 1. The number of carbonyl (C=O) groups excluding carboxylic acids is 8. The van der Waals surface area contributed by atoms with E-state index < -0.39 is 94.9 Å². The molecule has 18 nitrogen and oxygen atoms in total. The molecule has 5 rings (SSSR count). The highest BCUT2D eigenvalue weighted by Gasteiger charge is 2.40. The molecular weight excluding hydrogens is 923 g/mol. The molecule has 72 heavy (non-hydrogen) atoms. The van der Waals surface area contributed by atoms with Crippen LogP contribution in [0.25, 0.3) is 11.1 Å². The van der Waals surface area contributed by atoms with Gasteiger partial charge in [-0.2, -0.15) is 0 Å². The van der Waals surface area contributed by atoms with E-state index in [0.29, 0.717) is 50.1 Å². The minimum atomic E-state index is -1.54. The van der Waals surface area contributed by atoms with Gasteiger partial charge in [0.25, 0.3) is 0 Å². The fraction of sp³-hybridized carbons (Fsp3) is 0.630. The first-order chi connectivity index (χ1) is 33.5. The van der Waals surface area contributed by atoms with Gasteiger partial charge in [0.05, 0.1) is 18.1 Å². The number of fused-ring (bicyclic) bond motifs is 3. The van der Waals surface area contributed by atoms with E-state index in [1.54, 1.807) is 65.5 Å². The van der Waals surface area contributed by atoms with E-state index in [9.17, 15) is 38.4 Å². The Morgan fingerprint density at radius 2 is 1.33 bits per heavy atom. The number of carbonyl (C=O) groups is 8. The monoisotopic (exact) mass is 1000 g/mol. The van der Waals surface area contributed by atoms with Crippen molar-refractivity contribution in [3.05, 3.63) is 53.6 Å². The summed E-state index contributed by atoms with van der Waals surface area (Å²) in [5.41, 5.74) is 1.13. The fourth-order valence-corrected chi connectivity index (χ4v) is 9.26. The van der Waals surface area contributed by atoms with Crippen LogP contribution in [0.4, 0.5) is 10.5 Å². The largest absolute Gasteiger partial charge is 0.460 e. The van der Waals surface area contributed by atoms with Crippen LogP contribution in [0.3, 0.4) is 0 Å². The van der Waals surface area contributed by atoms with Crippen molar-refractivity contribution in [1.29, 1.82) is 0 Å². The summed E-state index contributed by atoms with van der Waals surface area (Å²) in [5, 5.41) is 11.2. The molecule has 18 heteroatoms. The smallest absolute Gasteiger partial charge is 0.410 e. The van der Waals surface area contributed by atoms with Crippen molar-refractivity contribution in [2.24, 2.45) is 11.8 Å². The molecule has 3 aliphatic rings. The number of ketones is 1. The molecule has 0 unspecified atom stereocenters. The zero-order valence-electron chi connectivity index (χ0n) is 44.7. The number of anilines is 1. The third-order valence-corrected chi connectivity index (χ3v) is 12.5. The quantitative estimate of drug-likeness (QED) is 0.235. The van der Waals surface area contributed by atoms with Crippen LogP contribution in [0.2, 0.25) is 0 Å². The molecule has 2 fully saturated rings. The Bertz CT molecular complexity index is 2310. The molecule has 6 amide bonds. The Labute approximate surface area is 425 Å². The Morgan fingerprint density at radius 1 is 0.708 bits per heavy atom. The molecule has 3 aliphatic heterocycles. The topological polar surface area (TPSA) is 222 Å². The summed E-state index contributed by atoms with van der Waals surface area (Å²) >= 11 is 0. The fourth-order valence-electron chi connectivity index (χ4n) is 9.26. The van der Waals surface area contributed by atoms with Gasteiger partial charge in [0, 0.05) is 62.9 Å². The van der Waals surface area contributed by atoms with E-state index in [0.717, 1.165) is 16.8 Å². The molecule has 2 aromatic rings. The number of benzene rings is 2. The maximum absolute atomic E-state index is 14.4. The van der Waals surface area contributed by atoms with E-state index in [1.165, 1.54) is 11.8 Å². The number of hydrogen-bond donors (Lipinski definition) is 4. The van der Waals surface area contributed by atoms with Gasteiger partial charge in [0.2, 0.25) is 29.5 Å². The van der Waals surface area contributed by atoms with Crippen molar-refractivity contribution in [3.8, 4) is 11.1 Å². The highest BCUT2D eigenvalue weighted by Crippen LogP contribution is 2.30. The summed E-state index contributed by atoms with van der Waals surface area (Å²) in [7, 11) is 0. The van der Waals surface area contributed by atoms with Crippen molar-refractivity contribution in [2.45, 2.75) is 176 Å². The van der Waals surface area contributed by atoms with Crippen molar-refractivity contribution < 1.29 is 52.6 Å². The van der Waals surface area contributed by atoms with Crippen LogP contribution in [-0.2, 0) is 49.5 Å². The third kappa shape index (κ3) is 16.2. The lowest BCUT2D eigenvalue weighted by Gasteiger charge is -2.36. The summed E-state index contributed by atoms with van der Waals surface area (Å²) in [6, 6.07) is 8.18. The first-order valence-electron chi connectivity index (χ1n) is 25.4. The predicted octanol–water partition coefficient (Wildman–Crippen LogP) is 5.68. The van der Waals surface area contributed by atoms with Gasteiger partial charge in [0.15, 0.2) is 5.78 Å². The van der Waals surface area contributed by atoms with Gasteiger partial charge < -0.3 is 50.2 Å². The normalized spacial score (nSPS) is 23.0. The van der Waals surface area contributed by atoms with Crippen molar-refractivity contribution >= 4 is 53.1 Å². The molecule has 396 valence electrons. The minimum Gasteiger partial charge on any atom is -0.460 e. The van der Waals surface area contributed by atoms with Crippen LogP contribution in [0, 0.1) is 11.8 Å². The highest BCUT2D eigenvalue weighted by atomic mass is 16.6. The van der Waals surface area contributed by atoms with Crippen LogP contribution in [0.5, 0.6) is 0 Å². The Balaban J connectivity index is 1.51. The lowest BCUT2D eigenvalue weighted by Crippen LogP contribution is -2.61. The van der Waals surface area contributed by atoms with Crippen LogP contribution in [0.15, 0.2) is 42.5 Å². The number of nitrogens with one attached hydrogen (secondary N) is 4. The van der Waals surface area contributed by atoms with Crippen LogP contribution >= 0.6 is 0 Å². The van der Waals surface area contributed by atoms with Crippen LogP contribution in [0.1, 0.15) is 138 Å². The van der Waals surface area contributed by atoms with Gasteiger partial charge in [-0.25, -0.2) is 4.79 Å². The van der Waals surface area contributed by atoms with Crippen molar-refractivity contribution in [3.63, 3.8) is 0 Å². The molecule has 0 aliphatic carbocycles. The number of hydrogen-bond acceptors (Lipinski definition) is 12.